The summed E-state index contributed by atoms with van der Waals surface area (Å²) in [4.78, 5) is 18.8. The summed E-state index contributed by atoms with van der Waals surface area (Å²) < 4.78 is 12.9. The molecule has 296 valence electrons. The molecular weight excluding hydrogens is 701 g/mol. The minimum atomic E-state index is -1.10. The van der Waals surface area contributed by atoms with Gasteiger partial charge in [-0.05, 0) is 85.9 Å². The third-order valence-corrected chi connectivity index (χ3v) is 12.3. The van der Waals surface area contributed by atoms with E-state index in [-0.39, 0.29) is 24.6 Å². The summed E-state index contributed by atoms with van der Waals surface area (Å²) in [6.45, 7) is 5.75. The highest BCUT2D eigenvalue weighted by molar-refractivity contribution is 7.98. The number of piperidine rings is 3. The number of esters is 1. The Labute approximate surface area is 326 Å². The third kappa shape index (κ3) is 11.8. The summed E-state index contributed by atoms with van der Waals surface area (Å²) >= 11 is 1.65. The van der Waals surface area contributed by atoms with Gasteiger partial charge in [0.15, 0.2) is 11.9 Å². The van der Waals surface area contributed by atoms with Gasteiger partial charge < -0.3 is 34.4 Å². The maximum Gasteiger partial charge on any atom is 0.319 e. The van der Waals surface area contributed by atoms with Crippen molar-refractivity contribution in [3.05, 3.63) is 101 Å². The molecule has 2 bridgehead atoms. The second-order valence-corrected chi connectivity index (χ2v) is 16.4. The molecule has 3 aliphatic heterocycles. The first kappa shape index (κ1) is 42.2. The number of nitrogens with one attached hydrogen (secondary N) is 1. The predicted molar refractivity (Wildman–Crippen MR) is 216 cm³/mol. The summed E-state index contributed by atoms with van der Waals surface area (Å²) in [5, 5.41) is 35.0. The lowest BCUT2D eigenvalue weighted by atomic mass is 9.78. The van der Waals surface area contributed by atoms with Gasteiger partial charge in [0.1, 0.15) is 18.5 Å². The molecule has 0 aliphatic carbocycles. The van der Waals surface area contributed by atoms with Gasteiger partial charge >= 0.3 is 5.97 Å². The molecule has 3 heterocycles. The van der Waals surface area contributed by atoms with Gasteiger partial charge in [-0.25, -0.2) is 5.26 Å². The lowest BCUT2D eigenvalue weighted by molar-refractivity contribution is -0.958. The van der Waals surface area contributed by atoms with Crippen molar-refractivity contribution in [2.45, 2.75) is 88.4 Å². The van der Waals surface area contributed by atoms with Crippen molar-refractivity contribution < 1.29 is 39.1 Å². The number of rotatable bonds is 25. The maximum absolute atomic E-state index is 14.0. The summed E-state index contributed by atoms with van der Waals surface area (Å²) in [6.07, 6.45) is 11.1. The first-order chi connectivity index (χ1) is 26.4. The van der Waals surface area contributed by atoms with Gasteiger partial charge in [0, 0.05) is 38.5 Å². The number of nitrogens with zero attached hydrogens (tertiary/aromatic N) is 1. The molecule has 3 atom stereocenters. The number of fused-ring (bicyclic) bond motifs is 3. The molecule has 0 amide bonds. The fourth-order valence-corrected chi connectivity index (χ4v) is 8.84. The molecule has 54 heavy (non-hydrogen) atoms. The van der Waals surface area contributed by atoms with E-state index in [1.54, 1.807) is 17.8 Å². The number of aliphatic hydroxyl groups excluding tert-OH is 2. The zero-order valence-electron chi connectivity index (χ0n) is 32.2. The minimum Gasteiger partial charge on any atom is -0.455 e. The number of aryl methyl sites for hydroxylation is 1. The van der Waals surface area contributed by atoms with Crippen molar-refractivity contribution in [3.8, 4) is 5.75 Å². The molecule has 3 aliphatic rings. The first-order valence-corrected chi connectivity index (χ1v) is 21.5. The zero-order chi connectivity index (χ0) is 38.1. The second kappa shape index (κ2) is 22.0. The molecule has 10 heteroatoms. The lowest BCUT2D eigenvalue weighted by Crippen LogP contribution is -2.64. The summed E-state index contributed by atoms with van der Waals surface area (Å²) in [5.74, 6) is 1.04. The van der Waals surface area contributed by atoms with Gasteiger partial charge in [-0.15, -0.1) is 0 Å². The molecule has 0 aromatic heterocycles. The number of hydrogen-bond acceptors (Lipinski definition) is 9. The third-order valence-electron chi connectivity index (χ3n) is 11.7. The molecule has 4 N–H and O–H groups in total. The number of hydrogen-bond donors (Lipinski definition) is 4. The Morgan fingerprint density at radius 3 is 2.35 bits per heavy atom. The van der Waals surface area contributed by atoms with Crippen LogP contribution in [0.3, 0.4) is 0 Å². The molecule has 6 rings (SSSR count). The number of aliphatic hydroxyl groups is 2. The van der Waals surface area contributed by atoms with Crippen LogP contribution in [0.1, 0.15) is 86.1 Å². The Bertz CT molecular complexity index is 1520. The van der Waals surface area contributed by atoms with E-state index < -0.39 is 11.5 Å². The van der Waals surface area contributed by atoms with E-state index in [4.69, 9.17) is 14.4 Å². The number of carbonyl (C=O) groups excluding carboxylic acids is 1. The number of ether oxygens (including phenoxy) is 2. The fraction of sp³-hybridized carbons (Fsp3) is 0.568. The molecular formula is C44H63N2O7S+. The molecule has 3 saturated heterocycles. The van der Waals surface area contributed by atoms with Gasteiger partial charge in [-0.3, -0.25) is 4.79 Å². The number of unbranched alkanes of at least 4 members (excludes halogenated alkanes) is 4. The fourth-order valence-electron chi connectivity index (χ4n) is 8.28. The summed E-state index contributed by atoms with van der Waals surface area (Å²) in [7, 11) is 0. The number of benzene rings is 3. The monoisotopic (exact) mass is 763 g/mol. The zero-order valence-corrected chi connectivity index (χ0v) is 33.0. The largest absolute Gasteiger partial charge is 0.455 e. The average molecular weight is 764 g/mol. The van der Waals surface area contributed by atoms with Gasteiger partial charge in [0.05, 0.1) is 31.4 Å². The Morgan fingerprint density at radius 1 is 0.944 bits per heavy atom. The molecule has 3 fully saturated rings. The molecule has 0 spiro atoms. The van der Waals surface area contributed by atoms with Crippen LogP contribution in [0.15, 0.2) is 78.9 Å². The Balaban J connectivity index is 1.06. The van der Waals surface area contributed by atoms with E-state index in [0.717, 1.165) is 113 Å². The quantitative estimate of drug-likeness (QED) is 0.0236. The number of carbonyl (C=O) groups is 1. The lowest BCUT2D eigenvalue weighted by Gasteiger charge is -2.52. The second-order valence-electron chi connectivity index (χ2n) is 15.4. The Hall–Kier alpha value is -2.96. The highest BCUT2D eigenvalue weighted by atomic mass is 32.2. The van der Waals surface area contributed by atoms with Crippen molar-refractivity contribution in [3.63, 3.8) is 0 Å². The van der Waals surface area contributed by atoms with Gasteiger partial charge in [-0.2, -0.15) is 11.8 Å². The van der Waals surface area contributed by atoms with E-state index in [2.05, 4.69) is 35.6 Å². The first-order valence-electron chi connectivity index (χ1n) is 20.1. The smallest absolute Gasteiger partial charge is 0.319 e. The van der Waals surface area contributed by atoms with Crippen LogP contribution in [0, 0.1) is 5.92 Å². The standard InChI is InChI=1S/C44H62N2O7S/c1-54-29-23-44(34-47,39-17-8-5-9-18-39)43(49)52-42-33-46(25-21-36(42)22-26-46)32-38-30-37(19-20-41(38)53-50)40(48)31-45-24-11-2-3-12-27-51-28-13-10-16-35-14-6-4-7-15-35/h4-9,14-15,17-20,30,36,40,42,45,47-48H,2-3,10-13,16,21-29,31-34H2,1H3/p+1/t36?,40?,42-,44+,46?/m0/s1. The van der Waals surface area contributed by atoms with Crippen molar-refractivity contribution in [1.82, 2.24) is 5.32 Å². The number of thioether (sulfide) groups is 1. The van der Waals surface area contributed by atoms with E-state index in [1.165, 1.54) is 5.56 Å². The van der Waals surface area contributed by atoms with Crippen LogP contribution < -0.4 is 10.2 Å². The van der Waals surface area contributed by atoms with Gasteiger partial charge in [-0.1, -0.05) is 79.6 Å². The van der Waals surface area contributed by atoms with E-state index in [1.807, 2.05) is 48.7 Å². The normalized spacial score (nSPS) is 21.0. The molecule has 3 aromatic carbocycles. The van der Waals surface area contributed by atoms with Crippen molar-refractivity contribution in [1.29, 1.82) is 0 Å². The van der Waals surface area contributed by atoms with Crippen molar-refractivity contribution >= 4 is 17.7 Å². The number of quaternary nitrogens is 1. The van der Waals surface area contributed by atoms with Crippen LogP contribution >= 0.6 is 11.8 Å². The highest BCUT2D eigenvalue weighted by Crippen LogP contribution is 2.40. The Kier molecular flexibility index (Phi) is 17.2. The van der Waals surface area contributed by atoms with Crippen LogP contribution in [0.2, 0.25) is 0 Å². The van der Waals surface area contributed by atoms with Crippen molar-refractivity contribution in [2.24, 2.45) is 5.92 Å². The van der Waals surface area contributed by atoms with E-state index in [9.17, 15) is 20.3 Å². The topological polar surface area (TPSA) is 117 Å². The SMILES string of the molecule is CSCC[C@](CO)(C(=O)O[C@H]1C[N+]2(Cc3cc(C(O)CNCCCCCCOCCCCc4ccccc4)ccc3OO)CCC1CC2)c1ccccc1. The molecule has 0 saturated carbocycles. The van der Waals surface area contributed by atoms with Crippen LogP contribution in [-0.4, -0.2) is 96.6 Å². The molecule has 0 radical (unpaired) electrons. The molecule has 9 nitrogen and oxygen atoms in total. The van der Waals surface area contributed by atoms with Gasteiger partial charge in [0.2, 0.25) is 0 Å². The molecule has 1 unspecified atom stereocenters. The molecule has 3 aromatic rings. The Morgan fingerprint density at radius 2 is 1.65 bits per heavy atom. The average Bonchev–Trinajstić information content (AvgIpc) is 3.21. The van der Waals surface area contributed by atoms with Crippen LogP contribution in [0.5, 0.6) is 5.75 Å². The van der Waals surface area contributed by atoms with Crippen molar-refractivity contribution in [2.75, 3.05) is 64.6 Å². The van der Waals surface area contributed by atoms with Crippen LogP contribution in [0.4, 0.5) is 0 Å². The summed E-state index contributed by atoms with van der Waals surface area (Å²) in [6, 6.07) is 25.6. The van der Waals surface area contributed by atoms with Crippen LogP contribution in [-0.2, 0) is 32.6 Å². The predicted octanol–water partition coefficient (Wildman–Crippen LogP) is 7.10. The van der Waals surface area contributed by atoms with Gasteiger partial charge in [0.25, 0.3) is 0 Å². The highest BCUT2D eigenvalue weighted by Gasteiger charge is 2.50. The van der Waals surface area contributed by atoms with E-state index in [0.29, 0.717) is 36.3 Å². The van der Waals surface area contributed by atoms with E-state index >= 15 is 0 Å². The maximum atomic E-state index is 14.0. The van der Waals surface area contributed by atoms with Crippen LogP contribution in [0.25, 0.3) is 0 Å². The summed E-state index contributed by atoms with van der Waals surface area (Å²) in [5.41, 5.74) is 2.68. The minimum absolute atomic E-state index is 0.261.